The molecule has 4 rings (SSSR count). The van der Waals surface area contributed by atoms with Crippen molar-refractivity contribution in [1.82, 2.24) is 15.8 Å². The van der Waals surface area contributed by atoms with E-state index in [1.165, 1.54) is 18.3 Å². The zero-order valence-electron chi connectivity index (χ0n) is 19.8. The highest BCUT2D eigenvalue weighted by atomic mass is 32.2. The molecular weight excluding hydrogens is 486 g/mol. The number of rotatable bonds is 7. The molecule has 2 aromatic rings. The fourth-order valence-corrected chi connectivity index (χ4v) is 5.49. The molecule has 35 heavy (non-hydrogen) atoms. The molecule has 0 spiro atoms. The number of amides is 1. The lowest BCUT2D eigenvalue weighted by Gasteiger charge is -2.28. The maximum absolute atomic E-state index is 12.9. The summed E-state index contributed by atoms with van der Waals surface area (Å²) < 4.78 is 29.9. The van der Waals surface area contributed by atoms with E-state index in [1.54, 1.807) is 0 Å². The van der Waals surface area contributed by atoms with Crippen LogP contribution in [0.25, 0.3) is 10.2 Å². The number of carbonyl (C=O) groups excluding carboxylic acids is 1. The SMILES string of the molecule is CC(CCc1nc2ccc(C#CC#CC3CNC3)cc2s1)(C(=O)NOC1CCCCO1)S(C)(=O)=O. The average molecular weight is 516 g/mol. The lowest BCUT2D eigenvalue weighted by atomic mass is 10.0. The van der Waals surface area contributed by atoms with Gasteiger partial charge in [0.25, 0.3) is 5.91 Å². The van der Waals surface area contributed by atoms with Crippen LogP contribution in [0.3, 0.4) is 0 Å². The van der Waals surface area contributed by atoms with E-state index in [4.69, 9.17) is 9.57 Å². The van der Waals surface area contributed by atoms with Gasteiger partial charge in [0, 0.05) is 50.3 Å². The number of ether oxygens (including phenoxy) is 1. The zero-order chi connectivity index (χ0) is 24.9. The van der Waals surface area contributed by atoms with Crippen molar-refractivity contribution in [3.05, 3.63) is 28.8 Å². The molecule has 8 nitrogen and oxygen atoms in total. The third-order valence-electron chi connectivity index (χ3n) is 6.30. The monoisotopic (exact) mass is 515 g/mol. The minimum absolute atomic E-state index is 0.0741. The van der Waals surface area contributed by atoms with Crippen LogP contribution < -0.4 is 10.8 Å². The van der Waals surface area contributed by atoms with Crippen LogP contribution in [-0.4, -0.2) is 56.3 Å². The summed E-state index contributed by atoms with van der Waals surface area (Å²) in [6.07, 6.45) is 3.44. The van der Waals surface area contributed by atoms with E-state index in [9.17, 15) is 13.2 Å². The number of sulfone groups is 1. The molecule has 186 valence electrons. The molecule has 1 aromatic heterocycles. The Morgan fingerprint density at radius 1 is 1.34 bits per heavy atom. The Bertz CT molecular complexity index is 1310. The van der Waals surface area contributed by atoms with Crippen LogP contribution in [0.15, 0.2) is 18.2 Å². The van der Waals surface area contributed by atoms with Crippen LogP contribution in [-0.2, 0) is 30.6 Å². The number of hydrogen-bond donors (Lipinski definition) is 2. The molecule has 2 atom stereocenters. The van der Waals surface area contributed by atoms with Gasteiger partial charge in [0.1, 0.15) is 4.75 Å². The van der Waals surface area contributed by atoms with Crippen molar-refractivity contribution in [3.63, 3.8) is 0 Å². The van der Waals surface area contributed by atoms with E-state index in [-0.39, 0.29) is 6.42 Å². The number of fused-ring (bicyclic) bond motifs is 1. The molecule has 0 radical (unpaired) electrons. The summed E-state index contributed by atoms with van der Waals surface area (Å²) in [6.45, 7) is 3.82. The molecule has 3 heterocycles. The number of nitrogens with one attached hydrogen (secondary N) is 2. The second-order valence-corrected chi connectivity index (χ2v) is 12.6. The smallest absolute Gasteiger partial charge is 0.264 e. The summed E-state index contributed by atoms with van der Waals surface area (Å²) in [6, 6.07) is 5.74. The van der Waals surface area contributed by atoms with E-state index >= 15 is 0 Å². The summed E-state index contributed by atoms with van der Waals surface area (Å²) in [5.74, 6) is 11.7. The molecule has 2 saturated heterocycles. The van der Waals surface area contributed by atoms with E-state index in [1.807, 2.05) is 18.2 Å². The third kappa shape index (κ3) is 6.40. The number of hydrogen-bond acceptors (Lipinski definition) is 8. The average Bonchev–Trinajstić information content (AvgIpc) is 3.22. The Hall–Kier alpha value is -2.47. The fraction of sp³-hybridized carbons (Fsp3) is 0.520. The first-order valence-corrected chi connectivity index (χ1v) is 14.3. The molecule has 2 fully saturated rings. The van der Waals surface area contributed by atoms with E-state index in [2.05, 4.69) is 39.5 Å². The van der Waals surface area contributed by atoms with Gasteiger partial charge in [0.2, 0.25) is 0 Å². The number of aromatic nitrogens is 1. The molecule has 2 N–H and O–H groups in total. The van der Waals surface area contributed by atoms with Crippen LogP contribution >= 0.6 is 11.3 Å². The summed E-state index contributed by atoms with van der Waals surface area (Å²) in [4.78, 5) is 22.8. The zero-order valence-corrected chi connectivity index (χ0v) is 21.5. The summed E-state index contributed by atoms with van der Waals surface area (Å²) in [7, 11) is -3.73. The van der Waals surface area contributed by atoms with Crippen LogP contribution in [0.4, 0.5) is 0 Å². The topological polar surface area (TPSA) is 107 Å². The minimum atomic E-state index is -3.73. The largest absolute Gasteiger partial charge is 0.350 e. The minimum Gasteiger partial charge on any atom is -0.350 e. The number of nitrogens with zero attached hydrogens (tertiary/aromatic N) is 1. The molecule has 0 bridgehead atoms. The molecule has 10 heteroatoms. The van der Waals surface area contributed by atoms with Crippen molar-refractivity contribution in [1.29, 1.82) is 0 Å². The fourth-order valence-electron chi connectivity index (χ4n) is 3.63. The molecule has 1 aromatic carbocycles. The second-order valence-electron chi connectivity index (χ2n) is 9.01. The number of thiazole rings is 1. The predicted octanol–water partition coefficient (Wildman–Crippen LogP) is 2.18. The first kappa shape index (κ1) is 25.6. The Balaban J connectivity index is 1.41. The highest BCUT2D eigenvalue weighted by Gasteiger charge is 2.44. The van der Waals surface area contributed by atoms with Crippen molar-refractivity contribution in [2.24, 2.45) is 5.92 Å². The van der Waals surface area contributed by atoms with Crippen molar-refractivity contribution in [2.75, 3.05) is 26.0 Å². The van der Waals surface area contributed by atoms with Gasteiger partial charge in [-0.2, -0.15) is 0 Å². The molecule has 2 unspecified atom stereocenters. The first-order chi connectivity index (χ1) is 16.7. The molecule has 0 saturated carbocycles. The van der Waals surface area contributed by atoms with Gasteiger partial charge in [-0.3, -0.25) is 4.79 Å². The van der Waals surface area contributed by atoms with Crippen LogP contribution in [0.1, 0.15) is 43.2 Å². The maximum atomic E-state index is 12.9. The van der Waals surface area contributed by atoms with Gasteiger partial charge in [-0.15, -0.1) is 11.3 Å². The number of hydroxylamine groups is 1. The number of carbonyl (C=O) groups is 1. The van der Waals surface area contributed by atoms with Gasteiger partial charge in [0.05, 0.1) is 15.2 Å². The van der Waals surface area contributed by atoms with Gasteiger partial charge in [-0.1, -0.05) is 11.8 Å². The van der Waals surface area contributed by atoms with E-state index in [0.29, 0.717) is 25.4 Å². The quantitative estimate of drug-likeness (QED) is 0.430. The standard InChI is InChI=1S/C25H29N3O5S2/c1-25(35(2,30)31,24(29)28-33-23-9-5-6-14-32-23)13-12-22-27-20-11-10-18(15-21(20)34-22)7-3-4-8-19-16-26-17-19/h10-11,15,19,23,26H,5-6,9,12-14,16-17H2,1-2H3,(H,28,29). The van der Waals surface area contributed by atoms with Gasteiger partial charge < -0.3 is 10.1 Å². The van der Waals surface area contributed by atoms with Crippen LogP contribution in [0, 0.1) is 29.6 Å². The lowest BCUT2D eigenvalue weighted by molar-refractivity contribution is -0.201. The van der Waals surface area contributed by atoms with Crippen LogP contribution in [0.5, 0.6) is 0 Å². The molecule has 2 aliphatic rings. The van der Waals surface area contributed by atoms with E-state index < -0.39 is 26.8 Å². The normalized spacial score (nSPS) is 20.0. The van der Waals surface area contributed by atoms with Crippen molar-refractivity contribution < 1.29 is 22.8 Å². The summed E-state index contributed by atoms with van der Waals surface area (Å²) in [5, 5.41) is 3.92. The van der Waals surface area contributed by atoms with Crippen molar-refractivity contribution in [2.45, 2.75) is 50.1 Å². The van der Waals surface area contributed by atoms with Gasteiger partial charge >= 0.3 is 0 Å². The predicted molar refractivity (Wildman–Crippen MR) is 135 cm³/mol. The second kappa shape index (κ2) is 11.1. The maximum Gasteiger partial charge on any atom is 0.264 e. The summed E-state index contributed by atoms with van der Waals surface area (Å²) in [5.41, 5.74) is 3.97. The van der Waals surface area contributed by atoms with Crippen molar-refractivity contribution in [3.8, 4) is 23.7 Å². The molecule has 0 aliphatic carbocycles. The molecule has 1 amide bonds. The molecular formula is C25H29N3O5S2. The van der Waals surface area contributed by atoms with Crippen LogP contribution in [0.2, 0.25) is 0 Å². The highest BCUT2D eigenvalue weighted by Crippen LogP contribution is 2.28. The van der Waals surface area contributed by atoms with Gasteiger partial charge in [-0.05, 0) is 56.2 Å². The summed E-state index contributed by atoms with van der Waals surface area (Å²) >= 11 is 1.47. The van der Waals surface area contributed by atoms with Gasteiger partial charge in [-0.25, -0.2) is 23.7 Å². The lowest BCUT2D eigenvalue weighted by Crippen LogP contribution is -2.51. The Kier molecular flexibility index (Phi) is 8.10. The number of benzene rings is 1. The Morgan fingerprint density at radius 2 is 2.17 bits per heavy atom. The van der Waals surface area contributed by atoms with E-state index in [0.717, 1.165) is 53.0 Å². The highest BCUT2D eigenvalue weighted by molar-refractivity contribution is 7.92. The Morgan fingerprint density at radius 3 is 2.86 bits per heavy atom. The Labute approximate surface area is 210 Å². The van der Waals surface area contributed by atoms with Crippen molar-refractivity contribution >= 4 is 37.3 Å². The number of aryl methyl sites for hydroxylation is 1. The van der Waals surface area contributed by atoms with Gasteiger partial charge in [0.15, 0.2) is 16.1 Å². The third-order valence-corrected chi connectivity index (χ3v) is 9.40. The molecule has 2 aliphatic heterocycles. The first-order valence-electron chi connectivity index (χ1n) is 11.6.